The van der Waals surface area contributed by atoms with Crippen molar-refractivity contribution in [1.82, 2.24) is 4.98 Å². The second kappa shape index (κ2) is 6.40. The number of hydrogen-bond donors (Lipinski definition) is 1. The lowest BCUT2D eigenvalue weighted by atomic mass is 10.2. The number of pyridine rings is 1. The molecular weight excluding hydrogens is 186 g/mol. The lowest BCUT2D eigenvalue weighted by Gasteiger charge is -2.21. The van der Waals surface area contributed by atoms with E-state index in [2.05, 4.69) is 23.9 Å². The van der Waals surface area contributed by atoms with Crippen LogP contribution < -0.4 is 10.6 Å². The smallest absolute Gasteiger partial charge is 0.0440 e. The van der Waals surface area contributed by atoms with Crippen molar-refractivity contribution < 1.29 is 0 Å². The molecule has 1 aromatic heterocycles. The Hall–Kier alpha value is -1.09. The van der Waals surface area contributed by atoms with Crippen LogP contribution in [0.5, 0.6) is 0 Å². The third kappa shape index (κ3) is 3.51. The van der Waals surface area contributed by atoms with Crippen molar-refractivity contribution in [2.75, 3.05) is 18.5 Å². The van der Waals surface area contributed by atoms with Gasteiger partial charge in [0.2, 0.25) is 0 Å². The second-order valence-corrected chi connectivity index (χ2v) is 3.84. The number of hydrogen-bond acceptors (Lipinski definition) is 3. The van der Waals surface area contributed by atoms with E-state index in [0.29, 0.717) is 6.54 Å². The molecule has 3 heteroatoms. The summed E-state index contributed by atoms with van der Waals surface area (Å²) in [6.07, 6.45) is 7.46. The van der Waals surface area contributed by atoms with Gasteiger partial charge in [-0.15, -0.1) is 0 Å². The number of unbranched alkanes of at least 4 members (excludes halogenated alkanes) is 2. The average molecular weight is 207 g/mol. The summed E-state index contributed by atoms with van der Waals surface area (Å²) in [5.41, 5.74) is 8.01. The molecule has 0 saturated heterocycles. The first kappa shape index (κ1) is 12.0. The molecule has 0 spiro atoms. The Morgan fingerprint density at radius 2 is 2.20 bits per heavy atom. The average Bonchev–Trinajstić information content (AvgIpc) is 2.29. The summed E-state index contributed by atoms with van der Waals surface area (Å²) < 4.78 is 0. The Morgan fingerprint density at radius 3 is 2.87 bits per heavy atom. The molecule has 0 bridgehead atoms. The number of nitrogens with two attached hydrogens (primary N) is 1. The Bertz CT molecular complexity index is 286. The lowest BCUT2D eigenvalue weighted by molar-refractivity contribution is 0.703. The summed E-state index contributed by atoms with van der Waals surface area (Å²) in [6, 6.07) is 2.04. The standard InChI is InChI=1S/C12H21N3/c1-3-4-5-8-15(2)12-6-7-14-10-11(12)9-13/h6-7,10H,3-5,8-9,13H2,1-2H3. The van der Waals surface area contributed by atoms with Gasteiger partial charge in [0.05, 0.1) is 0 Å². The quantitative estimate of drug-likeness (QED) is 0.727. The minimum atomic E-state index is 0.557. The van der Waals surface area contributed by atoms with Gasteiger partial charge in [0.1, 0.15) is 0 Å². The highest BCUT2D eigenvalue weighted by atomic mass is 15.1. The number of nitrogens with zero attached hydrogens (tertiary/aromatic N) is 2. The van der Waals surface area contributed by atoms with Gasteiger partial charge in [0, 0.05) is 43.8 Å². The van der Waals surface area contributed by atoms with Crippen molar-refractivity contribution >= 4 is 5.69 Å². The molecule has 3 nitrogen and oxygen atoms in total. The Morgan fingerprint density at radius 1 is 1.40 bits per heavy atom. The predicted molar refractivity (Wildman–Crippen MR) is 64.9 cm³/mol. The number of rotatable bonds is 6. The fourth-order valence-corrected chi connectivity index (χ4v) is 1.67. The van der Waals surface area contributed by atoms with Crippen LogP contribution in [0.25, 0.3) is 0 Å². The van der Waals surface area contributed by atoms with E-state index in [1.54, 1.807) is 0 Å². The third-order valence-corrected chi connectivity index (χ3v) is 2.61. The molecule has 84 valence electrons. The van der Waals surface area contributed by atoms with Crippen LogP contribution in [0, 0.1) is 0 Å². The van der Waals surface area contributed by atoms with Crippen LogP contribution in [-0.4, -0.2) is 18.6 Å². The first-order valence-corrected chi connectivity index (χ1v) is 5.63. The first-order valence-electron chi connectivity index (χ1n) is 5.63. The van der Waals surface area contributed by atoms with Gasteiger partial charge in [-0.05, 0) is 12.5 Å². The largest absolute Gasteiger partial charge is 0.374 e. The van der Waals surface area contributed by atoms with Gasteiger partial charge in [-0.2, -0.15) is 0 Å². The Balaban J connectivity index is 2.59. The SMILES string of the molecule is CCCCCN(C)c1ccncc1CN. The highest BCUT2D eigenvalue weighted by molar-refractivity contribution is 5.51. The van der Waals surface area contributed by atoms with Crippen LogP contribution in [0.4, 0.5) is 5.69 Å². The highest BCUT2D eigenvalue weighted by Crippen LogP contribution is 2.17. The molecule has 0 saturated carbocycles. The Labute approximate surface area is 92.3 Å². The Kier molecular flexibility index (Phi) is 5.12. The molecule has 2 N–H and O–H groups in total. The summed E-state index contributed by atoms with van der Waals surface area (Å²) in [5.74, 6) is 0. The molecule has 0 unspecified atom stereocenters. The minimum Gasteiger partial charge on any atom is -0.374 e. The van der Waals surface area contributed by atoms with Crippen molar-refractivity contribution in [2.24, 2.45) is 5.73 Å². The molecule has 1 aromatic rings. The third-order valence-electron chi connectivity index (χ3n) is 2.61. The molecule has 1 rings (SSSR count). The van der Waals surface area contributed by atoms with Gasteiger partial charge in [0.15, 0.2) is 0 Å². The molecule has 0 atom stereocenters. The van der Waals surface area contributed by atoms with Crippen LogP contribution in [-0.2, 0) is 6.54 Å². The highest BCUT2D eigenvalue weighted by Gasteiger charge is 2.05. The molecule has 15 heavy (non-hydrogen) atoms. The lowest BCUT2D eigenvalue weighted by Crippen LogP contribution is -2.20. The van der Waals surface area contributed by atoms with Gasteiger partial charge < -0.3 is 10.6 Å². The minimum absolute atomic E-state index is 0.557. The monoisotopic (exact) mass is 207 g/mol. The van der Waals surface area contributed by atoms with E-state index in [1.165, 1.54) is 24.9 Å². The first-order chi connectivity index (χ1) is 7.29. The second-order valence-electron chi connectivity index (χ2n) is 3.84. The van der Waals surface area contributed by atoms with Crippen LogP contribution in [0.15, 0.2) is 18.5 Å². The van der Waals surface area contributed by atoms with Crippen molar-refractivity contribution in [3.05, 3.63) is 24.0 Å². The number of anilines is 1. The van der Waals surface area contributed by atoms with E-state index in [4.69, 9.17) is 5.73 Å². The zero-order valence-corrected chi connectivity index (χ0v) is 9.74. The van der Waals surface area contributed by atoms with E-state index < -0.39 is 0 Å². The van der Waals surface area contributed by atoms with E-state index in [-0.39, 0.29) is 0 Å². The zero-order valence-electron chi connectivity index (χ0n) is 9.74. The molecule has 0 radical (unpaired) electrons. The zero-order chi connectivity index (χ0) is 11.1. The van der Waals surface area contributed by atoms with E-state index in [0.717, 1.165) is 12.1 Å². The molecule has 1 heterocycles. The molecule has 0 aliphatic carbocycles. The summed E-state index contributed by atoms with van der Waals surface area (Å²) in [4.78, 5) is 6.35. The van der Waals surface area contributed by atoms with Crippen LogP contribution in [0.1, 0.15) is 31.7 Å². The van der Waals surface area contributed by atoms with Crippen molar-refractivity contribution in [2.45, 2.75) is 32.7 Å². The number of aromatic nitrogens is 1. The maximum Gasteiger partial charge on any atom is 0.0440 e. The van der Waals surface area contributed by atoms with E-state index in [1.807, 2.05) is 18.5 Å². The van der Waals surface area contributed by atoms with Crippen molar-refractivity contribution in [3.63, 3.8) is 0 Å². The molecule has 0 fully saturated rings. The summed E-state index contributed by atoms with van der Waals surface area (Å²) in [7, 11) is 2.12. The van der Waals surface area contributed by atoms with Gasteiger partial charge in [-0.25, -0.2) is 0 Å². The molecule has 0 aromatic carbocycles. The van der Waals surface area contributed by atoms with Crippen molar-refractivity contribution in [1.29, 1.82) is 0 Å². The molecule has 0 aliphatic rings. The molecule has 0 aliphatic heterocycles. The maximum absolute atomic E-state index is 5.68. The predicted octanol–water partition coefficient (Wildman–Crippen LogP) is 2.17. The van der Waals surface area contributed by atoms with Gasteiger partial charge in [0.25, 0.3) is 0 Å². The molecule has 0 amide bonds. The maximum atomic E-state index is 5.68. The van der Waals surface area contributed by atoms with Crippen LogP contribution in [0.3, 0.4) is 0 Å². The van der Waals surface area contributed by atoms with Crippen molar-refractivity contribution in [3.8, 4) is 0 Å². The summed E-state index contributed by atoms with van der Waals surface area (Å²) in [5, 5.41) is 0. The van der Waals surface area contributed by atoms with Gasteiger partial charge in [-0.3, -0.25) is 4.98 Å². The fourth-order valence-electron chi connectivity index (χ4n) is 1.67. The topological polar surface area (TPSA) is 42.2 Å². The normalized spacial score (nSPS) is 10.3. The fraction of sp³-hybridized carbons (Fsp3) is 0.583. The summed E-state index contributed by atoms with van der Waals surface area (Å²) >= 11 is 0. The van der Waals surface area contributed by atoms with E-state index in [9.17, 15) is 0 Å². The van der Waals surface area contributed by atoms with Gasteiger partial charge >= 0.3 is 0 Å². The summed E-state index contributed by atoms with van der Waals surface area (Å²) in [6.45, 7) is 3.86. The van der Waals surface area contributed by atoms with Gasteiger partial charge in [-0.1, -0.05) is 19.8 Å². The van der Waals surface area contributed by atoms with Crippen LogP contribution in [0.2, 0.25) is 0 Å². The molecular formula is C12H21N3. The van der Waals surface area contributed by atoms with Crippen LogP contribution >= 0.6 is 0 Å². The van der Waals surface area contributed by atoms with E-state index >= 15 is 0 Å².